The smallest absolute Gasteiger partial charge is 0.161 e. The Morgan fingerprint density at radius 2 is 1.65 bits per heavy atom. The zero-order valence-electron chi connectivity index (χ0n) is 17.9. The SMILES string of the molecule is CC(C)COc1ccc(-c2c(F)c[c-]c(-c3cnccn3)c2F)cc1OCC(C)C.[Ir]. The van der Waals surface area contributed by atoms with E-state index in [1.165, 1.54) is 18.6 Å². The molecule has 31 heavy (non-hydrogen) atoms. The molecule has 1 aromatic heterocycles. The third kappa shape index (κ3) is 6.31. The van der Waals surface area contributed by atoms with Crippen LogP contribution in [0.3, 0.4) is 0 Å². The van der Waals surface area contributed by atoms with Crippen molar-refractivity contribution in [3.8, 4) is 33.9 Å². The Labute approximate surface area is 195 Å². The summed E-state index contributed by atoms with van der Waals surface area (Å²) in [5.41, 5.74) is 0.521. The van der Waals surface area contributed by atoms with Crippen molar-refractivity contribution in [2.45, 2.75) is 27.7 Å². The van der Waals surface area contributed by atoms with Crippen LogP contribution in [0.2, 0.25) is 0 Å². The summed E-state index contributed by atoms with van der Waals surface area (Å²) in [6.07, 6.45) is 4.35. The van der Waals surface area contributed by atoms with Gasteiger partial charge in [0.15, 0.2) is 11.5 Å². The molecule has 0 N–H and O–H groups in total. The van der Waals surface area contributed by atoms with Crippen molar-refractivity contribution in [3.63, 3.8) is 0 Å². The molecule has 3 aromatic rings. The van der Waals surface area contributed by atoms with Gasteiger partial charge in [0.05, 0.1) is 13.2 Å². The van der Waals surface area contributed by atoms with Crippen molar-refractivity contribution >= 4 is 0 Å². The number of rotatable bonds is 8. The summed E-state index contributed by atoms with van der Waals surface area (Å²) in [7, 11) is 0. The molecule has 0 amide bonds. The van der Waals surface area contributed by atoms with Gasteiger partial charge in [0, 0.05) is 56.0 Å². The van der Waals surface area contributed by atoms with Crippen molar-refractivity contribution in [2.24, 2.45) is 11.8 Å². The number of ether oxygens (including phenoxy) is 2. The quantitative estimate of drug-likeness (QED) is 0.299. The van der Waals surface area contributed by atoms with E-state index >= 15 is 4.39 Å². The van der Waals surface area contributed by atoms with Crippen molar-refractivity contribution in [2.75, 3.05) is 13.2 Å². The summed E-state index contributed by atoms with van der Waals surface area (Å²) < 4.78 is 41.7. The normalized spacial score (nSPS) is 10.8. The first-order valence-electron chi connectivity index (χ1n) is 9.93. The van der Waals surface area contributed by atoms with Crippen molar-refractivity contribution in [1.82, 2.24) is 9.97 Å². The molecule has 167 valence electrons. The Morgan fingerprint density at radius 3 is 2.26 bits per heavy atom. The van der Waals surface area contributed by atoms with E-state index in [0.29, 0.717) is 36.2 Å². The maximum Gasteiger partial charge on any atom is 0.161 e. The molecular formula is C24H25F2IrN2O2-. The third-order valence-electron chi connectivity index (χ3n) is 4.22. The summed E-state index contributed by atoms with van der Waals surface area (Å²) in [6.45, 7) is 9.11. The maximum atomic E-state index is 15.3. The predicted molar refractivity (Wildman–Crippen MR) is 112 cm³/mol. The van der Waals surface area contributed by atoms with Crippen LogP contribution >= 0.6 is 0 Å². The van der Waals surface area contributed by atoms with E-state index in [9.17, 15) is 4.39 Å². The van der Waals surface area contributed by atoms with Gasteiger partial charge < -0.3 is 14.5 Å². The number of halogens is 2. The molecule has 0 aliphatic heterocycles. The van der Waals surface area contributed by atoms with Crippen LogP contribution in [0.15, 0.2) is 42.9 Å². The van der Waals surface area contributed by atoms with E-state index in [1.807, 2.05) is 27.7 Å². The first-order valence-corrected chi connectivity index (χ1v) is 9.93. The topological polar surface area (TPSA) is 44.2 Å². The average molecular weight is 604 g/mol. The minimum Gasteiger partial charge on any atom is -0.489 e. The summed E-state index contributed by atoms with van der Waals surface area (Å²) in [6, 6.07) is 8.65. The second-order valence-electron chi connectivity index (χ2n) is 7.86. The van der Waals surface area contributed by atoms with E-state index in [2.05, 4.69) is 16.0 Å². The Morgan fingerprint density at radius 1 is 0.968 bits per heavy atom. The summed E-state index contributed by atoms with van der Waals surface area (Å²) in [5, 5.41) is 0. The number of aromatic nitrogens is 2. The van der Waals surface area contributed by atoms with Crippen LogP contribution < -0.4 is 9.47 Å². The molecule has 1 heterocycles. The maximum absolute atomic E-state index is 15.3. The van der Waals surface area contributed by atoms with Crippen molar-refractivity contribution in [1.29, 1.82) is 0 Å². The fourth-order valence-corrected chi connectivity index (χ4v) is 2.79. The molecule has 0 aliphatic rings. The van der Waals surface area contributed by atoms with Gasteiger partial charge in [0.1, 0.15) is 0 Å². The van der Waals surface area contributed by atoms with Crippen LogP contribution in [0.1, 0.15) is 27.7 Å². The average Bonchev–Trinajstić information content (AvgIpc) is 2.72. The molecule has 0 atom stereocenters. The van der Waals surface area contributed by atoms with Crippen LogP contribution in [0.4, 0.5) is 8.78 Å². The molecule has 0 saturated heterocycles. The first kappa shape index (κ1) is 24.9. The van der Waals surface area contributed by atoms with Crippen molar-refractivity contribution < 1.29 is 38.4 Å². The van der Waals surface area contributed by atoms with E-state index in [4.69, 9.17) is 9.47 Å². The van der Waals surface area contributed by atoms with Crippen LogP contribution in [-0.4, -0.2) is 23.2 Å². The van der Waals surface area contributed by atoms with Gasteiger partial charge in [0.2, 0.25) is 0 Å². The van der Waals surface area contributed by atoms with Gasteiger partial charge in [-0.2, -0.15) is 0 Å². The number of benzene rings is 2. The first-order chi connectivity index (χ1) is 14.4. The van der Waals surface area contributed by atoms with E-state index in [0.717, 1.165) is 6.07 Å². The molecule has 0 unspecified atom stereocenters. The second kappa shape index (κ2) is 11.3. The van der Waals surface area contributed by atoms with Gasteiger partial charge in [0.25, 0.3) is 0 Å². The molecular weight excluding hydrogens is 578 g/mol. The van der Waals surface area contributed by atoms with E-state index in [-0.39, 0.29) is 42.8 Å². The number of hydrogen-bond acceptors (Lipinski definition) is 4. The fraction of sp³-hybridized carbons (Fsp3) is 0.333. The van der Waals surface area contributed by atoms with Crippen LogP contribution in [0, 0.1) is 29.5 Å². The number of nitrogens with zero attached hydrogens (tertiary/aromatic N) is 2. The molecule has 0 aliphatic carbocycles. The minimum absolute atomic E-state index is 0. The molecule has 2 aromatic carbocycles. The largest absolute Gasteiger partial charge is 0.489 e. The van der Waals surface area contributed by atoms with Gasteiger partial charge in [-0.3, -0.25) is 13.8 Å². The van der Waals surface area contributed by atoms with Crippen LogP contribution in [0.5, 0.6) is 11.5 Å². The molecule has 3 rings (SSSR count). The van der Waals surface area contributed by atoms with Gasteiger partial charge in [-0.05, 0) is 35.1 Å². The molecule has 7 heteroatoms. The van der Waals surface area contributed by atoms with Crippen LogP contribution in [0.25, 0.3) is 22.4 Å². The Balaban J connectivity index is 0.00000341. The van der Waals surface area contributed by atoms with Gasteiger partial charge >= 0.3 is 0 Å². The molecule has 0 saturated carbocycles. The molecule has 4 nitrogen and oxygen atoms in total. The number of hydrogen-bond donors (Lipinski definition) is 0. The Bertz CT molecular complexity index is 998. The molecule has 0 fully saturated rings. The zero-order chi connectivity index (χ0) is 21.7. The summed E-state index contributed by atoms with van der Waals surface area (Å²) >= 11 is 0. The predicted octanol–water partition coefficient (Wildman–Crippen LogP) is 5.96. The van der Waals surface area contributed by atoms with E-state index < -0.39 is 11.6 Å². The van der Waals surface area contributed by atoms with E-state index in [1.54, 1.807) is 18.2 Å². The zero-order valence-corrected chi connectivity index (χ0v) is 20.3. The second-order valence-corrected chi connectivity index (χ2v) is 7.86. The summed E-state index contributed by atoms with van der Waals surface area (Å²) in [4.78, 5) is 8.04. The van der Waals surface area contributed by atoms with Gasteiger partial charge in [-0.15, -0.1) is 12.1 Å². The van der Waals surface area contributed by atoms with Crippen LogP contribution in [-0.2, 0) is 20.1 Å². The minimum atomic E-state index is -0.749. The molecule has 0 bridgehead atoms. The fourth-order valence-electron chi connectivity index (χ4n) is 2.79. The standard InChI is InChI=1S/C24H25F2N2O2.Ir/c1-15(2)13-29-21-8-5-17(11-22(21)30-14-16(3)4)23-19(25)7-6-18(24(23)26)20-12-27-9-10-28-20;/h5,7-12,15-16H,13-14H2,1-4H3;/q-1;. The Kier molecular flexibility index (Phi) is 9.08. The monoisotopic (exact) mass is 604 g/mol. The third-order valence-corrected chi connectivity index (χ3v) is 4.22. The van der Waals surface area contributed by atoms with Crippen molar-refractivity contribution in [3.05, 3.63) is 60.6 Å². The summed E-state index contributed by atoms with van der Waals surface area (Å²) in [5.74, 6) is 0.151. The van der Waals surface area contributed by atoms with Gasteiger partial charge in [-0.1, -0.05) is 39.3 Å². The molecule has 1 radical (unpaired) electrons. The van der Waals surface area contributed by atoms with Gasteiger partial charge in [-0.25, -0.2) is 0 Å². The molecule has 0 spiro atoms. The Hall–Kier alpha value is -2.37.